The second-order valence-electron chi connectivity index (χ2n) is 6.46. The first kappa shape index (κ1) is 16.8. The van der Waals surface area contributed by atoms with Gasteiger partial charge in [0.05, 0.1) is 0 Å². The fourth-order valence-electron chi connectivity index (χ4n) is 2.86. The summed E-state index contributed by atoms with van der Waals surface area (Å²) >= 11 is 3.39. The number of ketones is 1. The minimum absolute atomic E-state index is 0.00331. The van der Waals surface area contributed by atoms with Crippen LogP contribution in [0.1, 0.15) is 42.5 Å². The van der Waals surface area contributed by atoms with Gasteiger partial charge in [-0.25, -0.2) is 0 Å². The number of nitrogens with zero attached hydrogens (tertiary/aromatic N) is 1. The molecule has 4 heteroatoms. The van der Waals surface area contributed by atoms with Crippen LogP contribution in [0.3, 0.4) is 0 Å². The molecular weight excluding hydrogens is 342 g/mol. The van der Waals surface area contributed by atoms with Crippen LogP contribution in [-0.2, 0) is 5.54 Å². The van der Waals surface area contributed by atoms with E-state index >= 15 is 0 Å². The van der Waals surface area contributed by atoms with Crippen LogP contribution < -0.4 is 4.74 Å². The third-order valence-electron chi connectivity index (χ3n) is 3.57. The average Bonchev–Trinajstić information content (AvgIpc) is 2.71. The maximum atomic E-state index is 12.5. The van der Waals surface area contributed by atoms with E-state index in [1.807, 2.05) is 44.2 Å². The molecule has 2 rings (SSSR count). The van der Waals surface area contributed by atoms with E-state index < -0.39 is 0 Å². The lowest BCUT2D eigenvalue weighted by Gasteiger charge is -2.25. The molecule has 0 saturated carbocycles. The maximum absolute atomic E-state index is 12.5. The normalized spacial score (nSPS) is 11.5. The summed E-state index contributed by atoms with van der Waals surface area (Å²) in [5.41, 5.74) is 2.78. The molecule has 118 valence electrons. The SMILES string of the molecule is Cc1cc(C(=O)COc2cccc(Br)c2)c(C)n1C(C)(C)C. The minimum Gasteiger partial charge on any atom is -0.485 e. The van der Waals surface area contributed by atoms with Crippen LogP contribution in [0.4, 0.5) is 0 Å². The Kier molecular flexibility index (Phi) is 4.81. The van der Waals surface area contributed by atoms with Gasteiger partial charge in [0.2, 0.25) is 5.78 Å². The molecule has 0 aliphatic rings. The van der Waals surface area contributed by atoms with Crippen molar-refractivity contribution >= 4 is 21.7 Å². The second kappa shape index (κ2) is 6.29. The van der Waals surface area contributed by atoms with Crippen molar-refractivity contribution < 1.29 is 9.53 Å². The smallest absolute Gasteiger partial charge is 0.202 e. The molecule has 0 fully saturated rings. The van der Waals surface area contributed by atoms with Crippen molar-refractivity contribution in [1.29, 1.82) is 0 Å². The molecule has 0 bridgehead atoms. The number of Topliss-reactive ketones (excluding diaryl/α,β-unsaturated/α-hetero) is 1. The van der Waals surface area contributed by atoms with Gasteiger partial charge in [0.1, 0.15) is 5.75 Å². The number of rotatable bonds is 4. The fraction of sp³-hybridized carbons (Fsp3) is 0.389. The summed E-state index contributed by atoms with van der Waals surface area (Å²) in [6.07, 6.45) is 0. The first-order valence-corrected chi connectivity index (χ1v) is 8.10. The van der Waals surface area contributed by atoms with Crippen molar-refractivity contribution in [1.82, 2.24) is 4.57 Å². The Morgan fingerprint density at radius 3 is 2.45 bits per heavy atom. The van der Waals surface area contributed by atoms with Crippen LogP contribution in [0.2, 0.25) is 0 Å². The van der Waals surface area contributed by atoms with Crippen molar-refractivity contribution in [3.8, 4) is 5.75 Å². The first-order chi connectivity index (χ1) is 10.2. The van der Waals surface area contributed by atoms with Gasteiger partial charge in [-0.3, -0.25) is 4.79 Å². The molecule has 0 aliphatic carbocycles. The molecule has 1 aromatic carbocycles. The average molecular weight is 364 g/mol. The Balaban J connectivity index is 2.17. The fourth-order valence-corrected chi connectivity index (χ4v) is 3.24. The standard InChI is InChI=1S/C18H22BrNO2/c1-12-9-16(13(2)20(12)18(3,4)5)17(21)11-22-15-8-6-7-14(19)10-15/h6-10H,11H2,1-5H3. The van der Waals surface area contributed by atoms with E-state index in [2.05, 4.69) is 41.3 Å². The molecule has 0 spiro atoms. The molecule has 0 amide bonds. The lowest BCUT2D eigenvalue weighted by molar-refractivity contribution is 0.0920. The zero-order valence-electron chi connectivity index (χ0n) is 13.7. The highest BCUT2D eigenvalue weighted by Gasteiger charge is 2.22. The Morgan fingerprint density at radius 2 is 1.91 bits per heavy atom. The van der Waals surface area contributed by atoms with Crippen LogP contribution in [0.5, 0.6) is 5.75 Å². The maximum Gasteiger partial charge on any atom is 0.202 e. The van der Waals surface area contributed by atoms with E-state index in [4.69, 9.17) is 4.74 Å². The third-order valence-corrected chi connectivity index (χ3v) is 4.06. The predicted molar refractivity (Wildman–Crippen MR) is 92.9 cm³/mol. The number of hydrogen-bond acceptors (Lipinski definition) is 2. The Hall–Kier alpha value is -1.55. The quantitative estimate of drug-likeness (QED) is 0.724. The van der Waals surface area contributed by atoms with Crippen molar-refractivity contribution in [2.45, 2.75) is 40.2 Å². The van der Waals surface area contributed by atoms with Gasteiger partial charge in [0, 0.05) is 27.0 Å². The molecule has 0 atom stereocenters. The van der Waals surface area contributed by atoms with E-state index in [1.165, 1.54) is 0 Å². The zero-order chi connectivity index (χ0) is 16.5. The van der Waals surface area contributed by atoms with Crippen LogP contribution in [-0.4, -0.2) is 17.0 Å². The molecule has 0 aliphatic heterocycles. The monoisotopic (exact) mass is 363 g/mol. The summed E-state index contributed by atoms with van der Waals surface area (Å²) in [4.78, 5) is 12.5. The lowest BCUT2D eigenvalue weighted by Crippen LogP contribution is -2.24. The van der Waals surface area contributed by atoms with E-state index in [0.717, 1.165) is 21.4 Å². The summed E-state index contributed by atoms with van der Waals surface area (Å²) in [6.45, 7) is 10.5. The van der Waals surface area contributed by atoms with Gasteiger partial charge < -0.3 is 9.30 Å². The van der Waals surface area contributed by atoms with Crippen molar-refractivity contribution in [2.75, 3.05) is 6.61 Å². The molecule has 0 N–H and O–H groups in total. The van der Waals surface area contributed by atoms with Gasteiger partial charge in [-0.2, -0.15) is 0 Å². The molecule has 0 unspecified atom stereocenters. The molecule has 3 nitrogen and oxygen atoms in total. The summed E-state index contributed by atoms with van der Waals surface area (Å²) in [5, 5.41) is 0. The van der Waals surface area contributed by atoms with Crippen molar-refractivity contribution in [3.63, 3.8) is 0 Å². The van der Waals surface area contributed by atoms with Gasteiger partial charge in [0.25, 0.3) is 0 Å². The summed E-state index contributed by atoms with van der Waals surface area (Å²) < 4.78 is 8.73. The topological polar surface area (TPSA) is 31.2 Å². The van der Waals surface area contributed by atoms with Crippen molar-refractivity contribution in [2.24, 2.45) is 0 Å². The van der Waals surface area contributed by atoms with Gasteiger partial charge in [-0.15, -0.1) is 0 Å². The largest absolute Gasteiger partial charge is 0.485 e. The van der Waals surface area contributed by atoms with Crippen molar-refractivity contribution in [3.05, 3.63) is 51.8 Å². The molecule has 1 heterocycles. The predicted octanol–water partition coefficient (Wildman–Crippen LogP) is 4.88. The Morgan fingerprint density at radius 1 is 1.23 bits per heavy atom. The highest BCUT2D eigenvalue weighted by atomic mass is 79.9. The number of carbonyl (C=O) groups is 1. The van der Waals surface area contributed by atoms with Gasteiger partial charge in [-0.05, 0) is 58.9 Å². The lowest BCUT2D eigenvalue weighted by atomic mass is 10.1. The van der Waals surface area contributed by atoms with Crippen LogP contribution in [0.25, 0.3) is 0 Å². The van der Waals surface area contributed by atoms with Crippen LogP contribution in [0, 0.1) is 13.8 Å². The molecule has 2 aromatic rings. The first-order valence-electron chi connectivity index (χ1n) is 7.31. The van der Waals surface area contributed by atoms with E-state index in [-0.39, 0.29) is 17.9 Å². The van der Waals surface area contributed by atoms with Gasteiger partial charge >= 0.3 is 0 Å². The number of ether oxygens (including phenoxy) is 1. The second-order valence-corrected chi connectivity index (χ2v) is 7.38. The number of hydrogen-bond donors (Lipinski definition) is 0. The number of halogens is 1. The number of aromatic nitrogens is 1. The van der Waals surface area contributed by atoms with E-state index in [1.54, 1.807) is 0 Å². The van der Waals surface area contributed by atoms with Gasteiger partial charge in [-0.1, -0.05) is 22.0 Å². The molecule has 1 aromatic heterocycles. The summed E-state index contributed by atoms with van der Waals surface area (Å²) in [7, 11) is 0. The molecule has 0 saturated heterocycles. The van der Waals surface area contributed by atoms with Crippen LogP contribution in [0.15, 0.2) is 34.8 Å². The molecule has 0 radical (unpaired) electrons. The Bertz CT molecular complexity index is 696. The highest BCUT2D eigenvalue weighted by Crippen LogP contribution is 2.25. The van der Waals surface area contributed by atoms with E-state index in [9.17, 15) is 4.79 Å². The van der Waals surface area contributed by atoms with Crippen LogP contribution >= 0.6 is 15.9 Å². The molecular formula is C18H22BrNO2. The minimum atomic E-state index is -0.0438. The highest BCUT2D eigenvalue weighted by molar-refractivity contribution is 9.10. The van der Waals surface area contributed by atoms with E-state index in [0.29, 0.717) is 5.75 Å². The number of benzene rings is 1. The summed E-state index contributed by atoms with van der Waals surface area (Å²) in [5.74, 6) is 0.691. The zero-order valence-corrected chi connectivity index (χ0v) is 15.3. The molecule has 22 heavy (non-hydrogen) atoms. The number of aryl methyl sites for hydroxylation is 1. The summed E-state index contributed by atoms with van der Waals surface area (Å²) in [6, 6.07) is 9.45. The van der Waals surface area contributed by atoms with Gasteiger partial charge in [0.15, 0.2) is 6.61 Å². The Labute approximate surface area is 140 Å². The number of carbonyl (C=O) groups excluding carboxylic acids is 1. The third kappa shape index (κ3) is 3.61.